The minimum atomic E-state index is 0.0743. The standard InChI is InChI=1S/C13H16N4O/c18-13(2-1-12-9-16-17-10-12)15-8-5-11-3-6-14-7-4-11/h3-4,6-7,9-10H,1-2,5,8H2,(H,15,18)(H,16,17). The summed E-state index contributed by atoms with van der Waals surface area (Å²) in [4.78, 5) is 15.5. The van der Waals surface area contributed by atoms with Crippen LogP contribution in [0.25, 0.3) is 0 Å². The van der Waals surface area contributed by atoms with Crippen molar-refractivity contribution in [3.8, 4) is 0 Å². The number of aryl methyl sites for hydroxylation is 1. The second-order valence-corrected chi connectivity index (χ2v) is 4.06. The van der Waals surface area contributed by atoms with Gasteiger partial charge in [-0.05, 0) is 36.1 Å². The number of nitrogens with one attached hydrogen (secondary N) is 2. The van der Waals surface area contributed by atoms with Gasteiger partial charge in [-0.3, -0.25) is 14.9 Å². The van der Waals surface area contributed by atoms with E-state index >= 15 is 0 Å². The molecule has 2 heterocycles. The van der Waals surface area contributed by atoms with Crippen LogP contribution < -0.4 is 5.32 Å². The predicted molar refractivity (Wildman–Crippen MR) is 67.9 cm³/mol. The van der Waals surface area contributed by atoms with Crippen molar-refractivity contribution in [3.05, 3.63) is 48.0 Å². The Bertz CT molecular complexity index is 467. The van der Waals surface area contributed by atoms with E-state index in [1.807, 2.05) is 18.3 Å². The van der Waals surface area contributed by atoms with Gasteiger partial charge in [0, 0.05) is 31.6 Å². The van der Waals surface area contributed by atoms with E-state index in [1.165, 1.54) is 5.56 Å². The number of hydrogen-bond donors (Lipinski definition) is 2. The molecule has 0 saturated heterocycles. The summed E-state index contributed by atoms with van der Waals surface area (Å²) in [6.45, 7) is 0.661. The van der Waals surface area contributed by atoms with E-state index in [2.05, 4.69) is 20.5 Å². The number of H-pyrrole nitrogens is 1. The number of amides is 1. The molecule has 5 nitrogen and oxygen atoms in total. The molecule has 0 radical (unpaired) electrons. The van der Waals surface area contributed by atoms with Gasteiger partial charge in [-0.25, -0.2) is 0 Å². The molecule has 0 aromatic carbocycles. The third kappa shape index (κ3) is 4.01. The first-order valence-corrected chi connectivity index (χ1v) is 5.98. The Kier molecular flexibility index (Phi) is 4.46. The third-order valence-corrected chi connectivity index (χ3v) is 2.68. The molecule has 1 amide bonds. The van der Waals surface area contributed by atoms with Crippen LogP contribution in [0, 0.1) is 0 Å². The van der Waals surface area contributed by atoms with Crippen LogP contribution >= 0.6 is 0 Å². The highest BCUT2D eigenvalue weighted by molar-refractivity contribution is 5.76. The lowest BCUT2D eigenvalue weighted by Crippen LogP contribution is -2.25. The second-order valence-electron chi connectivity index (χ2n) is 4.06. The van der Waals surface area contributed by atoms with Gasteiger partial charge >= 0.3 is 0 Å². The highest BCUT2D eigenvalue weighted by atomic mass is 16.1. The number of rotatable bonds is 6. The Balaban J connectivity index is 1.63. The van der Waals surface area contributed by atoms with Crippen LogP contribution in [0.15, 0.2) is 36.9 Å². The number of aromatic nitrogens is 3. The van der Waals surface area contributed by atoms with Crippen molar-refractivity contribution in [2.24, 2.45) is 0 Å². The van der Waals surface area contributed by atoms with Crippen LogP contribution in [-0.2, 0) is 17.6 Å². The predicted octanol–water partition coefficient (Wildman–Crippen LogP) is 1.10. The molecule has 0 spiro atoms. The van der Waals surface area contributed by atoms with E-state index in [9.17, 15) is 4.79 Å². The van der Waals surface area contributed by atoms with Crippen molar-refractivity contribution in [1.29, 1.82) is 0 Å². The molecule has 0 bridgehead atoms. The van der Waals surface area contributed by atoms with Gasteiger partial charge in [0.05, 0.1) is 6.20 Å². The number of carbonyl (C=O) groups excluding carboxylic acids is 1. The number of pyridine rings is 1. The monoisotopic (exact) mass is 244 g/mol. The average molecular weight is 244 g/mol. The van der Waals surface area contributed by atoms with Crippen molar-refractivity contribution >= 4 is 5.91 Å². The Hall–Kier alpha value is -2.17. The maximum Gasteiger partial charge on any atom is 0.220 e. The molecule has 0 aliphatic heterocycles. The first-order valence-electron chi connectivity index (χ1n) is 5.98. The zero-order valence-corrected chi connectivity index (χ0v) is 10.1. The Morgan fingerprint density at radius 3 is 2.78 bits per heavy atom. The lowest BCUT2D eigenvalue weighted by atomic mass is 10.2. The SMILES string of the molecule is O=C(CCc1cn[nH]c1)NCCc1ccncc1. The minimum Gasteiger partial charge on any atom is -0.356 e. The molecule has 0 fully saturated rings. The van der Waals surface area contributed by atoms with Crippen molar-refractivity contribution in [1.82, 2.24) is 20.5 Å². The van der Waals surface area contributed by atoms with Gasteiger partial charge in [0.25, 0.3) is 0 Å². The molecule has 94 valence electrons. The largest absolute Gasteiger partial charge is 0.356 e. The van der Waals surface area contributed by atoms with E-state index in [1.54, 1.807) is 18.6 Å². The van der Waals surface area contributed by atoms with Crippen LogP contribution in [0.5, 0.6) is 0 Å². The summed E-state index contributed by atoms with van der Waals surface area (Å²) >= 11 is 0. The zero-order valence-electron chi connectivity index (χ0n) is 10.1. The van der Waals surface area contributed by atoms with Gasteiger partial charge in [0.2, 0.25) is 5.91 Å². The van der Waals surface area contributed by atoms with Crippen LogP contribution in [-0.4, -0.2) is 27.6 Å². The molecule has 2 N–H and O–H groups in total. The molecule has 0 unspecified atom stereocenters. The summed E-state index contributed by atoms with van der Waals surface area (Å²) < 4.78 is 0. The summed E-state index contributed by atoms with van der Waals surface area (Å²) in [5, 5.41) is 9.47. The minimum absolute atomic E-state index is 0.0743. The quantitative estimate of drug-likeness (QED) is 0.799. The fraction of sp³-hybridized carbons (Fsp3) is 0.308. The first-order chi connectivity index (χ1) is 8.84. The number of hydrogen-bond acceptors (Lipinski definition) is 3. The van der Waals surface area contributed by atoms with Gasteiger partial charge in [0.15, 0.2) is 0 Å². The summed E-state index contributed by atoms with van der Waals surface area (Å²) in [5.41, 5.74) is 2.24. The topological polar surface area (TPSA) is 70.7 Å². The maximum absolute atomic E-state index is 11.6. The Labute approximate surface area is 106 Å². The Morgan fingerprint density at radius 2 is 2.06 bits per heavy atom. The van der Waals surface area contributed by atoms with Gasteiger partial charge < -0.3 is 5.32 Å². The molecule has 5 heteroatoms. The number of aromatic amines is 1. The van der Waals surface area contributed by atoms with E-state index < -0.39 is 0 Å². The van der Waals surface area contributed by atoms with Gasteiger partial charge in [-0.2, -0.15) is 5.10 Å². The summed E-state index contributed by atoms with van der Waals surface area (Å²) in [7, 11) is 0. The number of nitrogens with zero attached hydrogens (tertiary/aromatic N) is 2. The smallest absolute Gasteiger partial charge is 0.220 e. The molecule has 0 atom stereocenters. The maximum atomic E-state index is 11.6. The molecular formula is C13H16N4O. The molecule has 0 aliphatic rings. The highest BCUT2D eigenvalue weighted by Crippen LogP contribution is 1.99. The number of carbonyl (C=O) groups is 1. The fourth-order valence-electron chi connectivity index (χ4n) is 1.66. The van der Waals surface area contributed by atoms with Crippen LogP contribution in [0.4, 0.5) is 0 Å². The highest BCUT2D eigenvalue weighted by Gasteiger charge is 2.02. The molecule has 2 aromatic heterocycles. The van der Waals surface area contributed by atoms with Crippen LogP contribution in [0.3, 0.4) is 0 Å². The van der Waals surface area contributed by atoms with Crippen molar-refractivity contribution in [2.75, 3.05) is 6.54 Å². The molecule has 0 saturated carbocycles. The molecule has 18 heavy (non-hydrogen) atoms. The Morgan fingerprint density at radius 1 is 1.22 bits per heavy atom. The van der Waals surface area contributed by atoms with Crippen LogP contribution in [0.2, 0.25) is 0 Å². The molecular weight excluding hydrogens is 228 g/mol. The van der Waals surface area contributed by atoms with Gasteiger partial charge in [-0.15, -0.1) is 0 Å². The van der Waals surface area contributed by atoms with E-state index in [-0.39, 0.29) is 5.91 Å². The van der Waals surface area contributed by atoms with E-state index in [0.29, 0.717) is 13.0 Å². The summed E-state index contributed by atoms with van der Waals surface area (Å²) in [5.74, 6) is 0.0743. The van der Waals surface area contributed by atoms with Crippen LogP contribution in [0.1, 0.15) is 17.5 Å². The van der Waals surface area contributed by atoms with Crippen molar-refractivity contribution in [3.63, 3.8) is 0 Å². The molecule has 0 aliphatic carbocycles. The normalized spacial score (nSPS) is 10.2. The van der Waals surface area contributed by atoms with Crippen molar-refractivity contribution < 1.29 is 4.79 Å². The van der Waals surface area contributed by atoms with E-state index in [0.717, 1.165) is 18.4 Å². The first kappa shape index (κ1) is 12.3. The lowest BCUT2D eigenvalue weighted by molar-refractivity contribution is -0.121. The molecule has 2 aromatic rings. The average Bonchev–Trinajstić information content (AvgIpc) is 2.91. The summed E-state index contributed by atoms with van der Waals surface area (Å²) in [6.07, 6.45) is 9.12. The van der Waals surface area contributed by atoms with Gasteiger partial charge in [0.1, 0.15) is 0 Å². The van der Waals surface area contributed by atoms with E-state index in [4.69, 9.17) is 0 Å². The zero-order chi connectivity index (χ0) is 12.6. The molecule has 2 rings (SSSR count). The third-order valence-electron chi connectivity index (χ3n) is 2.68. The second kappa shape index (κ2) is 6.54. The lowest BCUT2D eigenvalue weighted by Gasteiger charge is -2.04. The fourth-order valence-corrected chi connectivity index (χ4v) is 1.66. The van der Waals surface area contributed by atoms with Gasteiger partial charge in [-0.1, -0.05) is 0 Å². The summed E-state index contributed by atoms with van der Waals surface area (Å²) in [6, 6.07) is 3.91. The van der Waals surface area contributed by atoms with Crippen molar-refractivity contribution in [2.45, 2.75) is 19.3 Å².